The molecule has 2 N–H and O–H groups in total. The van der Waals surface area contributed by atoms with Crippen LogP contribution in [0.1, 0.15) is 36.1 Å². The molecule has 0 saturated carbocycles. The van der Waals surface area contributed by atoms with E-state index in [1.807, 2.05) is 11.3 Å². The van der Waals surface area contributed by atoms with Crippen molar-refractivity contribution < 1.29 is 9.53 Å². The van der Waals surface area contributed by atoms with Gasteiger partial charge in [0, 0.05) is 42.4 Å². The van der Waals surface area contributed by atoms with E-state index >= 15 is 0 Å². The van der Waals surface area contributed by atoms with Crippen LogP contribution in [-0.2, 0) is 16.0 Å². The molecule has 108 valence electrons. The first-order valence-corrected chi connectivity index (χ1v) is 7.56. The number of aryl methyl sites for hydroxylation is 1. The number of carbonyl (C=O) groups is 1. The molecule has 1 rings (SSSR count). The number of ether oxygens (including phenoxy) is 1. The summed E-state index contributed by atoms with van der Waals surface area (Å²) in [7, 11) is 1.63. The third kappa shape index (κ3) is 6.18. The molecule has 1 aromatic rings. The molecule has 19 heavy (non-hydrogen) atoms. The van der Waals surface area contributed by atoms with Crippen LogP contribution in [0, 0.1) is 0 Å². The van der Waals surface area contributed by atoms with Crippen molar-refractivity contribution in [1.82, 2.24) is 10.6 Å². The lowest BCUT2D eigenvalue weighted by Crippen LogP contribution is -2.30. The fraction of sp³-hybridized carbons (Fsp3) is 0.643. The first kappa shape index (κ1) is 16.1. The summed E-state index contributed by atoms with van der Waals surface area (Å²) in [6.45, 7) is 6.13. The zero-order valence-electron chi connectivity index (χ0n) is 12.0. The second-order valence-electron chi connectivity index (χ2n) is 4.43. The lowest BCUT2D eigenvalue weighted by molar-refractivity contribution is -0.121. The second-order valence-corrected chi connectivity index (χ2v) is 5.63. The van der Waals surface area contributed by atoms with Crippen LogP contribution >= 0.6 is 11.3 Å². The molecule has 0 saturated heterocycles. The average molecular weight is 284 g/mol. The van der Waals surface area contributed by atoms with Crippen molar-refractivity contribution in [3.8, 4) is 0 Å². The highest BCUT2D eigenvalue weighted by Gasteiger charge is 2.08. The van der Waals surface area contributed by atoms with Gasteiger partial charge in [-0.2, -0.15) is 0 Å². The molecule has 0 fully saturated rings. The molecule has 4 nitrogen and oxygen atoms in total. The van der Waals surface area contributed by atoms with E-state index in [9.17, 15) is 4.79 Å². The van der Waals surface area contributed by atoms with Gasteiger partial charge in [0.1, 0.15) is 0 Å². The van der Waals surface area contributed by atoms with Crippen LogP contribution in [0.3, 0.4) is 0 Å². The van der Waals surface area contributed by atoms with Gasteiger partial charge in [0.05, 0.1) is 6.61 Å². The van der Waals surface area contributed by atoms with E-state index in [0.29, 0.717) is 32.2 Å². The molecule has 5 heteroatoms. The molecule has 1 amide bonds. The number of thiophene rings is 1. The Morgan fingerprint density at radius 2 is 2.21 bits per heavy atom. The predicted octanol–water partition coefficient (Wildman–Crippen LogP) is 2.11. The fourth-order valence-corrected chi connectivity index (χ4v) is 2.68. The molecule has 1 heterocycles. The summed E-state index contributed by atoms with van der Waals surface area (Å²) in [6.07, 6.45) is 1.58. The summed E-state index contributed by atoms with van der Waals surface area (Å²) in [6, 6.07) is 4.65. The van der Waals surface area contributed by atoms with Crippen molar-refractivity contribution >= 4 is 17.2 Å². The minimum atomic E-state index is 0.0668. The maximum atomic E-state index is 11.5. The average Bonchev–Trinajstić information content (AvgIpc) is 2.87. The Morgan fingerprint density at radius 3 is 2.84 bits per heavy atom. The van der Waals surface area contributed by atoms with Crippen molar-refractivity contribution in [2.45, 2.75) is 32.7 Å². The van der Waals surface area contributed by atoms with Gasteiger partial charge in [-0.1, -0.05) is 6.92 Å². The van der Waals surface area contributed by atoms with E-state index in [4.69, 9.17) is 4.74 Å². The van der Waals surface area contributed by atoms with E-state index in [0.717, 1.165) is 6.42 Å². The van der Waals surface area contributed by atoms with Crippen molar-refractivity contribution in [2.75, 3.05) is 26.8 Å². The molecule has 1 aromatic heterocycles. The number of hydrogen-bond donors (Lipinski definition) is 2. The van der Waals surface area contributed by atoms with E-state index in [-0.39, 0.29) is 5.91 Å². The smallest absolute Gasteiger partial charge is 0.221 e. The van der Waals surface area contributed by atoms with Gasteiger partial charge in [-0.3, -0.25) is 4.79 Å². The molecule has 0 aliphatic carbocycles. The van der Waals surface area contributed by atoms with Gasteiger partial charge >= 0.3 is 0 Å². The monoisotopic (exact) mass is 284 g/mol. The van der Waals surface area contributed by atoms with Crippen LogP contribution in [0.15, 0.2) is 12.1 Å². The zero-order valence-corrected chi connectivity index (χ0v) is 12.8. The first-order valence-electron chi connectivity index (χ1n) is 6.75. The van der Waals surface area contributed by atoms with Gasteiger partial charge in [-0.05, 0) is 25.5 Å². The summed E-state index contributed by atoms with van der Waals surface area (Å²) in [5, 5.41) is 6.18. The highest BCUT2D eigenvalue weighted by Crippen LogP contribution is 2.23. The first-order chi connectivity index (χ1) is 9.17. The van der Waals surface area contributed by atoms with Gasteiger partial charge in [0.15, 0.2) is 0 Å². The van der Waals surface area contributed by atoms with E-state index in [1.165, 1.54) is 9.75 Å². The van der Waals surface area contributed by atoms with Crippen LogP contribution in [0.25, 0.3) is 0 Å². The molecule has 0 radical (unpaired) electrons. The number of carbonyl (C=O) groups excluding carboxylic acids is 1. The van der Waals surface area contributed by atoms with Crippen LogP contribution in [0.4, 0.5) is 0 Å². The van der Waals surface area contributed by atoms with E-state index < -0.39 is 0 Å². The van der Waals surface area contributed by atoms with Crippen LogP contribution in [-0.4, -0.2) is 32.7 Å². The fourth-order valence-electron chi connectivity index (χ4n) is 1.70. The molecule has 1 unspecified atom stereocenters. The van der Waals surface area contributed by atoms with Crippen LogP contribution < -0.4 is 10.6 Å². The standard InChI is InChI=1S/C14H24N2O2S/c1-4-12-5-6-13(19-12)11(2)15-8-7-14(17)16-9-10-18-3/h5-6,11,15H,4,7-10H2,1-3H3,(H,16,17). The van der Waals surface area contributed by atoms with Gasteiger partial charge in [0.25, 0.3) is 0 Å². The maximum Gasteiger partial charge on any atom is 0.221 e. The van der Waals surface area contributed by atoms with Crippen molar-refractivity contribution in [2.24, 2.45) is 0 Å². The SMILES string of the molecule is CCc1ccc(C(C)NCCC(=O)NCCOC)s1. The normalized spacial score (nSPS) is 12.4. The lowest BCUT2D eigenvalue weighted by Gasteiger charge is -2.12. The molecule has 1 atom stereocenters. The van der Waals surface area contributed by atoms with E-state index in [1.54, 1.807) is 7.11 Å². The Bertz CT molecular complexity index is 379. The van der Waals surface area contributed by atoms with Gasteiger partial charge < -0.3 is 15.4 Å². The van der Waals surface area contributed by atoms with E-state index in [2.05, 4.69) is 36.6 Å². The number of nitrogens with one attached hydrogen (secondary N) is 2. The third-order valence-electron chi connectivity index (χ3n) is 2.89. The Balaban J connectivity index is 2.19. The minimum absolute atomic E-state index is 0.0668. The Labute approximate surface area is 119 Å². The molecule has 0 spiro atoms. The number of rotatable bonds is 9. The third-order valence-corrected chi connectivity index (χ3v) is 4.30. The Hall–Kier alpha value is -0.910. The molecule has 0 aliphatic rings. The van der Waals surface area contributed by atoms with Crippen LogP contribution in [0.5, 0.6) is 0 Å². The number of hydrogen-bond acceptors (Lipinski definition) is 4. The van der Waals surface area contributed by atoms with Crippen molar-refractivity contribution in [1.29, 1.82) is 0 Å². The van der Waals surface area contributed by atoms with Gasteiger partial charge in [-0.25, -0.2) is 0 Å². The van der Waals surface area contributed by atoms with Crippen molar-refractivity contribution in [3.05, 3.63) is 21.9 Å². The maximum absolute atomic E-state index is 11.5. The highest BCUT2D eigenvalue weighted by atomic mass is 32.1. The number of methoxy groups -OCH3 is 1. The number of amides is 1. The summed E-state index contributed by atoms with van der Waals surface area (Å²) >= 11 is 1.84. The predicted molar refractivity (Wildman–Crippen MR) is 79.6 cm³/mol. The van der Waals surface area contributed by atoms with Crippen LogP contribution in [0.2, 0.25) is 0 Å². The topological polar surface area (TPSA) is 50.4 Å². The minimum Gasteiger partial charge on any atom is -0.383 e. The van der Waals surface area contributed by atoms with Gasteiger partial charge in [0.2, 0.25) is 5.91 Å². The largest absolute Gasteiger partial charge is 0.383 e. The summed E-state index contributed by atoms with van der Waals surface area (Å²) in [5.74, 6) is 0.0668. The lowest BCUT2D eigenvalue weighted by atomic mass is 10.2. The van der Waals surface area contributed by atoms with Crippen molar-refractivity contribution in [3.63, 3.8) is 0 Å². The Morgan fingerprint density at radius 1 is 1.42 bits per heavy atom. The Kier molecular flexibility index (Phi) is 7.70. The summed E-state index contributed by atoms with van der Waals surface area (Å²) < 4.78 is 4.88. The second kappa shape index (κ2) is 9.07. The zero-order chi connectivity index (χ0) is 14.1. The quantitative estimate of drug-likeness (QED) is 0.683. The molecular weight excluding hydrogens is 260 g/mol. The summed E-state index contributed by atoms with van der Waals surface area (Å²) in [5.41, 5.74) is 0. The highest BCUT2D eigenvalue weighted by molar-refractivity contribution is 7.12. The van der Waals surface area contributed by atoms with Gasteiger partial charge in [-0.15, -0.1) is 11.3 Å². The summed E-state index contributed by atoms with van der Waals surface area (Å²) in [4.78, 5) is 14.2. The molecule has 0 bridgehead atoms. The molecule has 0 aromatic carbocycles. The molecule has 0 aliphatic heterocycles. The molecular formula is C14H24N2O2S.